The van der Waals surface area contributed by atoms with Gasteiger partial charge in [-0.1, -0.05) is 0 Å². The van der Waals surface area contributed by atoms with Gasteiger partial charge in [-0.3, -0.25) is 4.79 Å². The van der Waals surface area contributed by atoms with Gasteiger partial charge in [-0.15, -0.1) is 0 Å². The molecule has 0 spiro atoms. The minimum Gasteiger partial charge on any atom is -0.497 e. The number of aromatic nitrogens is 2. The Hall–Kier alpha value is -2.39. The highest BCUT2D eigenvalue weighted by molar-refractivity contribution is 7.88. The Morgan fingerprint density at radius 2 is 1.76 bits per heavy atom. The Morgan fingerprint density at radius 3 is 2.28 bits per heavy atom. The van der Waals surface area contributed by atoms with Gasteiger partial charge in [0.25, 0.3) is 5.91 Å². The number of ether oxygens (including phenoxy) is 1. The highest BCUT2D eigenvalue weighted by Crippen LogP contribution is 2.29. The van der Waals surface area contributed by atoms with Crippen molar-refractivity contribution >= 4 is 21.6 Å². The van der Waals surface area contributed by atoms with Crippen molar-refractivity contribution in [2.45, 2.75) is 32.7 Å². The van der Waals surface area contributed by atoms with Crippen LogP contribution in [-0.4, -0.2) is 61.7 Å². The molecule has 0 radical (unpaired) electrons. The third-order valence-corrected chi connectivity index (χ3v) is 6.85. The molecule has 29 heavy (non-hydrogen) atoms. The monoisotopic (exact) mass is 420 g/mol. The number of amides is 1. The van der Waals surface area contributed by atoms with Crippen molar-refractivity contribution in [1.29, 1.82) is 0 Å². The predicted octanol–water partition coefficient (Wildman–Crippen LogP) is 2.38. The van der Waals surface area contributed by atoms with Crippen LogP contribution in [-0.2, 0) is 10.0 Å². The molecule has 0 unspecified atom stereocenters. The van der Waals surface area contributed by atoms with Gasteiger partial charge in [-0.2, -0.15) is 0 Å². The SMILES string of the molecule is COc1ccc(N(C)C(=O)c2nc(C)n(C3CCN(S(C)(=O)=O)CC3)c2C)cc1. The Kier molecular flexibility index (Phi) is 6.00. The van der Waals surface area contributed by atoms with Crippen LogP contribution >= 0.6 is 0 Å². The smallest absolute Gasteiger partial charge is 0.278 e. The molecule has 1 fully saturated rings. The van der Waals surface area contributed by atoms with Crippen LogP contribution in [0.4, 0.5) is 5.69 Å². The highest BCUT2D eigenvalue weighted by atomic mass is 32.2. The molecule has 0 N–H and O–H groups in total. The first-order valence-corrected chi connectivity index (χ1v) is 11.4. The number of piperidine rings is 1. The van der Waals surface area contributed by atoms with Crippen LogP contribution in [0.15, 0.2) is 24.3 Å². The van der Waals surface area contributed by atoms with Gasteiger partial charge in [0.05, 0.1) is 13.4 Å². The van der Waals surface area contributed by atoms with Crippen molar-refractivity contribution < 1.29 is 17.9 Å². The van der Waals surface area contributed by atoms with E-state index in [1.807, 2.05) is 38.1 Å². The van der Waals surface area contributed by atoms with Crippen LogP contribution in [0, 0.1) is 13.8 Å². The first-order valence-electron chi connectivity index (χ1n) is 9.56. The van der Waals surface area contributed by atoms with Crippen molar-refractivity contribution in [3.63, 3.8) is 0 Å². The summed E-state index contributed by atoms with van der Waals surface area (Å²) in [5, 5.41) is 0. The first-order chi connectivity index (χ1) is 13.6. The molecule has 1 amide bonds. The zero-order chi connectivity index (χ0) is 21.3. The van der Waals surface area contributed by atoms with Crippen LogP contribution in [0.1, 0.15) is 40.9 Å². The Morgan fingerprint density at radius 1 is 1.17 bits per heavy atom. The normalized spacial score (nSPS) is 16.0. The van der Waals surface area contributed by atoms with Gasteiger partial charge < -0.3 is 14.2 Å². The number of hydrogen-bond donors (Lipinski definition) is 0. The summed E-state index contributed by atoms with van der Waals surface area (Å²) >= 11 is 0. The van der Waals surface area contributed by atoms with Gasteiger partial charge >= 0.3 is 0 Å². The lowest BCUT2D eigenvalue weighted by Crippen LogP contribution is -2.38. The first kappa shape index (κ1) is 21.3. The van der Waals surface area contributed by atoms with Gasteiger partial charge in [0, 0.05) is 37.6 Å². The molecule has 9 heteroatoms. The van der Waals surface area contributed by atoms with Crippen LogP contribution in [0.25, 0.3) is 0 Å². The maximum absolute atomic E-state index is 13.1. The third kappa shape index (κ3) is 4.30. The van der Waals surface area contributed by atoms with Crippen molar-refractivity contribution in [1.82, 2.24) is 13.9 Å². The average molecular weight is 421 g/mol. The Labute approximate surface area is 172 Å². The number of carbonyl (C=O) groups is 1. The second kappa shape index (κ2) is 8.16. The van der Waals surface area contributed by atoms with E-state index in [2.05, 4.69) is 9.55 Å². The van der Waals surface area contributed by atoms with Crippen LogP contribution in [0.2, 0.25) is 0 Å². The number of methoxy groups -OCH3 is 1. The molecule has 3 rings (SSSR count). The van der Waals surface area contributed by atoms with Crippen molar-refractivity contribution in [2.75, 3.05) is 38.4 Å². The number of anilines is 1. The van der Waals surface area contributed by atoms with E-state index < -0.39 is 10.0 Å². The van der Waals surface area contributed by atoms with Gasteiger partial charge in [0.15, 0.2) is 0 Å². The summed E-state index contributed by atoms with van der Waals surface area (Å²) in [6.07, 6.45) is 2.65. The minimum atomic E-state index is -3.17. The van der Waals surface area contributed by atoms with Crippen molar-refractivity contribution in [3.8, 4) is 5.75 Å². The van der Waals surface area contributed by atoms with Crippen LogP contribution < -0.4 is 9.64 Å². The largest absolute Gasteiger partial charge is 0.497 e. The maximum Gasteiger partial charge on any atom is 0.278 e. The van der Waals surface area contributed by atoms with E-state index in [9.17, 15) is 13.2 Å². The molecule has 2 heterocycles. The predicted molar refractivity (Wildman–Crippen MR) is 112 cm³/mol. The molecule has 1 aromatic heterocycles. The lowest BCUT2D eigenvalue weighted by molar-refractivity contribution is 0.0987. The Bertz CT molecular complexity index is 990. The van der Waals surface area contributed by atoms with E-state index in [0.29, 0.717) is 31.6 Å². The molecule has 0 atom stereocenters. The quantitative estimate of drug-likeness (QED) is 0.741. The van der Waals surface area contributed by atoms with Gasteiger partial charge in [0.1, 0.15) is 17.3 Å². The summed E-state index contributed by atoms with van der Waals surface area (Å²) in [6.45, 7) is 4.75. The molecule has 2 aromatic rings. The van der Waals surface area contributed by atoms with E-state index in [0.717, 1.165) is 23.0 Å². The number of carbonyl (C=O) groups excluding carboxylic acids is 1. The molecule has 1 aliphatic heterocycles. The second-order valence-electron chi connectivity index (χ2n) is 7.42. The lowest BCUT2D eigenvalue weighted by Gasteiger charge is -2.32. The van der Waals surface area contributed by atoms with E-state index in [4.69, 9.17) is 4.74 Å². The van der Waals surface area contributed by atoms with E-state index in [-0.39, 0.29) is 11.9 Å². The van der Waals surface area contributed by atoms with E-state index in [1.165, 1.54) is 10.6 Å². The number of sulfonamides is 1. The third-order valence-electron chi connectivity index (χ3n) is 5.55. The molecule has 0 bridgehead atoms. The van der Waals surface area contributed by atoms with E-state index in [1.54, 1.807) is 19.1 Å². The fraction of sp³-hybridized carbons (Fsp3) is 0.500. The minimum absolute atomic E-state index is 0.133. The molecule has 8 nitrogen and oxygen atoms in total. The second-order valence-corrected chi connectivity index (χ2v) is 9.40. The number of rotatable bonds is 5. The zero-order valence-electron chi connectivity index (χ0n) is 17.5. The summed E-state index contributed by atoms with van der Waals surface area (Å²) in [5.74, 6) is 1.32. The van der Waals surface area contributed by atoms with Crippen molar-refractivity contribution in [2.24, 2.45) is 0 Å². The summed E-state index contributed by atoms with van der Waals surface area (Å²) in [7, 11) is 0.157. The highest BCUT2D eigenvalue weighted by Gasteiger charge is 2.30. The van der Waals surface area contributed by atoms with Gasteiger partial charge in [0.2, 0.25) is 10.0 Å². The van der Waals surface area contributed by atoms with Crippen molar-refractivity contribution in [3.05, 3.63) is 41.5 Å². The average Bonchev–Trinajstić information content (AvgIpc) is 3.00. The summed E-state index contributed by atoms with van der Waals surface area (Å²) < 4.78 is 32.3. The summed E-state index contributed by atoms with van der Waals surface area (Å²) in [4.78, 5) is 19.2. The summed E-state index contributed by atoms with van der Waals surface area (Å²) in [5.41, 5.74) is 1.99. The lowest BCUT2D eigenvalue weighted by atomic mass is 10.1. The van der Waals surface area contributed by atoms with Gasteiger partial charge in [-0.05, 0) is 51.0 Å². The summed E-state index contributed by atoms with van der Waals surface area (Å²) in [6, 6.07) is 7.41. The maximum atomic E-state index is 13.1. The number of aryl methyl sites for hydroxylation is 1. The number of nitrogens with zero attached hydrogens (tertiary/aromatic N) is 4. The molecule has 0 aliphatic carbocycles. The number of benzene rings is 1. The Balaban J connectivity index is 1.81. The fourth-order valence-corrected chi connectivity index (χ4v) is 4.78. The van der Waals surface area contributed by atoms with Gasteiger partial charge in [-0.25, -0.2) is 17.7 Å². The van der Waals surface area contributed by atoms with Crippen LogP contribution in [0.5, 0.6) is 5.75 Å². The molecule has 1 aliphatic rings. The van der Waals surface area contributed by atoms with E-state index >= 15 is 0 Å². The molecule has 0 saturated carbocycles. The number of imidazole rings is 1. The fourth-order valence-electron chi connectivity index (χ4n) is 3.91. The molecule has 1 aromatic carbocycles. The molecular weight excluding hydrogens is 392 g/mol. The zero-order valence-corrected chi connectivity index (χ0v) is 18.4. The topological polar surface area (TPSA) is 84.7 Å². The number of hydrogen-bond acceptors (Lipinski definition) is 5. The molecule has 1 saturated heterocycles. The standard InChI is InChI=1S/C20H28N4O4S/c1-14-19(20(25)22(3)16-6-8-18(28-4)9-7-16)21-15(2)24(14)17-10-12-23(13-11-17)29(5,26)27/h6-9,17H,10-13H2,1-5H3. The molecular formula is C20H28N4O4S. The molecule has 158 valence electrons. The van der Waals surface area contributed by atoms with Crippen LogP contribution in [0.3, 0.4) is 0 Å².